The van der Waals surface area contributed by atoms with Gasteiger partial charge in [-0.3, -0.25) is 0 Å². The molecule has 0 radical (unpaired) electrons. The maximum Gasteiger partial charge on any atom is 0.216 e. The SMILES string of the molecule is CCCCCCCCC(C)S(=O)(=O)N[C@@H](O)CCCCC. The van der Waals surface area contributed by atoms with E-state index >= 15 is 0 Å². The third kappa shape index (κ3) is 11.1. The zero-order valence-electron chi connectivity index (χ0n) is 14.1. The molecule has 0 amide bonds. The minimum Gasteiger partial charge on any atom is -0.378 e. The summed E-state index contributed by atoms with van der Waals surface area (Å²) in [6.45, 7) is 6.00. The van der Waals surface area contributed by atoms with Gasteiger partial charge in [0.25, 0.3) is 0 Å². The van der Waals surface area contributed by atoms with Crippen LogP contribution in [0.3, 0.4) is 0 Å². The number of aliphatic hydroxyl groups excluding tert-OH is 1. The van der Waals surface area contributed by atoms with Crippen molar-refractivity contribution >= 4 is 10.0 Å². The summed E-state index contributed by atoms with van der Waals surface area (Å²) < 4.78 is 26.5. The first-order valence-corrected chi connectivity index (χ1v) is 10.2. The molecule has 0 aliphatic carbocycles. The first-order chi connectivity index (χ1) is 9.94. The Morgan fingerprint density at radius 3 is 1.95 bits per heavy atom. The second-order valence-electron chi connectivity index (χ2n) is 6.04. The van der Waals surface area contributed by atoms with E-state index in [-0.39, 0.29) is 0 Å². The van der Waals surface area contributed by atoms with Crippen molar-refractivity contribution in [2.24, 2.45) is 0 Å². The summed E-state index contributed by atoms with van der Waals surface area (Å²) in [4.78, 5) is 0. The molecule has 5 heteroatoms. The highest BCUT2D eigenvalue weighted by Gasteiger charge is 2.22. The Balaban J connectivity index is 3.90. The molecule has 0 bridgehead atoms. The van der Waals surface area contributed by atoms with Crippen LogP contribution in [0, 0.1) is 0 Å². The van der Waals surface area contributed by atoms with Gasteiger partial charge in [-0.2, -0.15) is 4.72 Å². The number of nitrogens with one attached hydrogen (secondary N) is 1. The predicted molar refractivity (Wildman–Crippen MR) is 89.7 cm³/mol. The van der Waals surface area contributed by atoms with Gasteiger partial charge in [-0.05, 0) is 26.2 Å². The standard InChI is InChI=1S/C16H35NO3S/c1-4-6-8-9-10-12-13-15(3)21(19,20)17-16(18)14-11-7-5-2/h15-18H,4-14H2,1-3H3/t15?,16-/m0/s1. The Kier molecular flexibility index (Phi) is 12.3. The lowest BCUT2D eigenvalue weighted by molar-refractivity contribution is 0.149. The van der Waals surface area contributed by atoms with E-state index in [0.29, 0.717) is 12.8 Å². The summed E-state index contributed by atoms with van der Waals surface area (Å²) in [5.74, 6) is 0. The van der Waals surface area contributed by atoms with Gasteiger partial charge in [0.15, 0.2) is 0 Å². The molecule has 0 saturated heterocycles. The van der Waals surface area contributed by atoms with Crippen LogP contribution in [0.5, 0.6) is 0 Å². The summed E-state index contributed by atoms with van der Waals surface area (Å²) in [6.07, 6.45) is 10.1. The third-order valence-corrected chi connectivity index (χ3v) is 5.77. The fourth-order valence-corrected chi connectivity index (χ4v) is 3.53. The van der Waals surface area contributed by atoms with Crippen LogP contribution < -0.4 is 4.72 Å². The van der Waals surface area contributed by atoms with Crippen LogP contribution >= 0.6 is 0 Å². The van der Waals surface area contributed by atoms with Gasteiger partial charge in [0.2, 0.25) is 10.0 Å². The Hall–Kier alpha value is -0.130. The number of hydrogen-bond acceptors (Lipinski definition) is 3. The van der Waals surface area contributed by atoms with Gasteiger partial charge in [0.1, 0.15) is 6.23 Å². The molecule has 21 heavy (non-hydrogen) atoms. The van der Waals surface area contributed by atoms with Crippen molar-refractivity contribution in [1.29, 1.82) is 0 Å². The van der Waals surface area contributed by atoms with E-state index < -0.39 is 21.5 Å². The van der Waals surface area contributed by atoms with Crippen molar-refractivity contribution in [1.82, 2.24) is 4.72 Å². The van der Waals surface area contributed by atoms with Gasteiger partial charge in [-0.1, -0.05) is 65.2 Å². The molecule has 0 fully saturated rings. The van der Waals surface area contributed by atoms with E-state index in [1.165, 1.54) is 25.7 Å². The highest BCUT2D eigenvalue weighted by atomic mass is 32.2. The first kappa shape index (κ1) is 20.9. The van der Waals surface area contributed by atoms with E-state index in [2.05, 4.69) is 18.6 Å². The minimum atomic E-state index is -3.39. The van der Waals surface area contributed by atoms with Gasteiger partial charge >= 0.3 is 0 Å². The maximum atomic E-state index is 12.1. The fourth-order valence-electron chi connectivity index (χ4n) is 2.32. The normalized spacial score (nSPS) is 15.0. The average Bonchev–Trinajstić information content (AvgIpc) is 2.42. The molecule has 0 heterocycles. The van der Waals surface area contributed by atoms with Crippen molar-refractivity contribution in [3.05, 3.63) is 0 Å². The summed E-state index contributed by atoms with van der Waals surface area (Å²) in [5.41, 5.74) is 0. The van der Waals surface area contributed by atoms with Gasteiger partial charge in [-0.15, -0.1) is 0 Å². The zero-order valence-corrected chi connectivity index (χ0v) is 14.9. The summed E-state index contributed by atoms with van der Waals surface area (Å²) >= 11 is 0. The van der Waals surface area contributed by atoms with E-state index in [0.717, 1.165) is 32.1 Å². The molecule has 0 aromatic rings. The number of rotatable bonds is 14. The maximum absolute atomic E-state index is 12.1. The molecule has 0 spiro atoms. The minimum absolute atomic E-state index is 0.426. The molecule has 4 nitrogen and oxygen atoms in total. The number of unbranched alkanes of at least 4 members (excludes halogenated alkanes) is 7. The Bertz CT molecular complexity index is 330. The van der Waals surface area contributed by atoms with Crippen molar-refractivity contribution in [2.45, 2.75) is 103 Å². The lowest BCUT2D eigenvalue weighted by Crippen LogP contribution is -2.39. The van der Waals surface area contributed by atoms with Crippen molar-refractivity contribution < 1.29 is 13.5 Å². The van der Waals surface area contributed by atoms with Crippen LogP contribution in [0.15, 0.2) is 0 Å². The van der Waals surface area contributed by atoms with Crippen LogP contribution in [0.2, 0.25) is 0 Å². The second kappa shape index (κ2) is 12.4. The van der Waals surface area contributed by atoms with Crippen LogP contribution in [0.25, 0.3) is 0 Å². The number of hydrogen-bond donors (Lipinski definition) is 2. The highest BCUT2D eigenvalue weighted by Crippen LogP contribution is 2.13. The highest BCUT2D eigenvalue weighted by molar-refractivity contribution is 7.90. The Labute approximate surface area is 131 Å². The molecular formula is C16H35NO3S. The van der Waals surface area contributed by atoms with Gasteiger partial charge in [0, 0.05) is 0 Å². The molecule has 0 rings (SSSR count). The quantitative estimate of drug-likeness (QED) is 0.376. The van der Waals surface area contributed by atoms with Gasteiger partial charge < -0.3 is 5.11 Å². The molecule has 0 aromatic carbocycles. The molecule has 0 aliphatic heterocycles. The molecule has 2 atom stereocenters. The lowest BCUT2D eigenvalue weighted by Gasteiger charge is -2.17. The monoisotopic (exact) mass is 321 g/mol. The van der Waals surface area contributed by atoms with Crippen molar-refractivity contribution in [3.63, 3.8) is 0 Å². The molecule has 128 valence electrons. The predicted octanol–water partition coefficient (Wildman–Crippen LogP) is 3.94. The average molecular weight is 322 g/mol. The number of sulfonamides is 1. The summed E-state index contributed by atoms with van der Waals surface area (Å²) in [7, 11) is -3.39. The molecule has 0 aromatic heterocycles. The zero-order chi connectivity index (χ0) is 16.1. The van der Waals surface area contributed by atoms with E-state index in [9.17, 15) is 13.5 Å². The largest absolute Gasteiger partial charge is 0.378 e. The van der Waals surface area contributed by atoms with E-state index in [4.69, 9.17) is 0 Å². The van der Waals surface area contributed by atoms with Crippen molar-refractivity contribution in [2.75, 3.05) is 0 Å². The lowest BCUT2D eigenvalue weighted by atomic mass is 10.1. The van der Waals surface area contributed by atoms with Crippen LogP contribution in [-0.4, -0.2) is 25.0 Å². The summed E-state index contributed by atoms with van der Waals surface area (Å²) in [6, 6.07) is 0. The van der Waals surface area contributed by atoms with Gasteiger partial charge in [0.05, 0.1) is 5.25 Å². The molecule has 0 saturated carbocycles. The Morgan fingerprint density at radius 1 is 0.857 bits per heavy atom. The van der Waals surface area contributed by atoms with E-state index in [1.807, 2.05) is 0 Å². The number of aliphatic hydroxyl groups is 1. The van der Waals surface area contributed by atoms with Crippen LogP contribution in [0.4, 0.5) is 0 Å². The molecule has 1 unspecified atom stereocenters. The van der Waals surface area contributed by atoms with Gasteiger partial charge in [-0.25, -0.2) is 8.42 Å². The second-order valence-corrected chi connectivity index (χ2v) is 8.17. The molecule has 0 aliphatic rings. The smallest absolute Gasteiger partial charge is 0.216 e. The van der Waals surface area contributed by atoms with E-state index in [1.54, 1.807) is 6.92 Å². The first-order valence-electron chi connectivity index (χ1n) is 8.63. The molecule has 2 N–H and O–H groups in total. The third-order valence-electron chi connectivity index (χ3n) is 3.88. The van der Waals surface area contributed by atoms with Crippen LogP contribution in [0.1, 0.15) is 91.4 Å². The topological polar surface area (TPSA) is 66.4 Å². The fraction of sp³-hybridized carbons (Fsp3) is 1.00. The summed E-state index contributed by atoms with van der Waals surface area (Å²) in [5, 5.41) is 9.31. The van der Waals surface area contributed by atoms with Crippen molar-refractivity contribution in [3.8, 4) is 0 Å². The van der Waals surface area contributed by atoms with Crippen LogP contribution in [-0.2, 0) is 10.0 Å². The molecular weight excluding hydrogens is 286 g/mol. The Morgan fingerprint density at radius 2 is 1.33 bits per heavy atom.